The number of benzene rings is 3. The highest BCUT2D eigenvalue weighted by molar-refractivity contribution is 14.1. The first-order valence-electron chi connectivity index (χ1n) is 10.6. The van der Waals surface area contributed by atoms with E-state index in [0.717, 1.165) is 12.7 Å². The van der Waals surface area contributed by atoms with Gasteiger partial charge in [0.25, 0.3) is 5.69 Å². The molecule has 36 heavy (non-hydrogen) atoms. The molecule has 1 aliphatic heterocycles. The van der Waals surface area contributed by atoms with E-state index in [4.69, 9.17) is 25.8 Å². The molecule has 0 aliphatic carbocycles. The van der Waals surface area contributed by atoms with Gasteiger partial charge in [-0.1, -0.05) is 23.7 Å². The molecule has 1 aliphatic rings. The van der Waals surface area contributed by atoms with E-state index in [2.05, 4.69) is 50.2 Å². The topological polar surface area (TPSA) is 100 Å². The van der Waals surface area contributed by atoms with E-state index in [-0.39, 0.29) is 27.9 Å². The Labute approximate surface area is 238 Å². The number of esters is 1. The third-order valence-corrected chi connectivity index (χ3v) is 6.71. The Morgan fingerprint density at radius 1 is 1.14 bits per heavy atom. The Morgan fingerprint density at radius 2 is 1.94 bits per heavy atom. The number of aliphatic imine (C=N–C) groups is 1. The van der Waals surface area contributed by atoms with Gasteiger partial charge in [0.05, 0.1) is 25.7 Å². The van der Waals surface area contributed by atoms with Crippen molar-refractivity contribution in [2.24, 2.45) is 4.99 Å². The van der Waals surface area contributed by atoms with Crippen molar-refractivity contribution in [3.63, 3.8) is 0 Å². The number of nitrogens with zero attached hydrogens (tertiary/aromatic N) is 2. The highest BCUT2D eigenvalue weighted by atomic mass is 127. The number of nitro groups is 1. The average molecular weight is 731 g/mol. The van der Waals surface area contributed by atoms with Crippen LogP contribution in [0.3, 0.4) is 0 Å². The van der Waals surface area contributed by atoms with Gasteiger partial charge in [0, 0.05) is 15.7 Å². The standard InChI is InChI=1S/C25H17ClI2N2O6/c1-2-34-22-11-15(9-20(28)23(22)35-13-14-4-3-5-16(27)8-14)10-21-25(31)36-24(29-21)18-7-6-17(30(32)33)12-19(18)26/h3-12H,2,13H2,1H3/b21-10-. The minimum Gasteiger partial charge on any atom is -0.490 e. The van der Waals surface area contributed by atoms with Gasteiger partial charge in [-0.15, -0.1) is 0 Å². The molecule has 0 unspecified atom stereocenters. The molecule has 0 aromatic heterocycles. The molecule has 1 heterocycles. The van der Waals surface area contributed by atoms with Crippen LogP contribution in [0.2, 0.25) is 5.02 Å². The number of cyclic esters (lactones) is 1. The summed E-state index contributed by atoms with van der Waals surface area (Å²) in [6, 6.07) is 15.5. The lowest BCUT2D eigenvalue weighted by Crippen LogP contribution is -2.06. The van der Waals surface area contributed by atoms with Crippen molar-refractivity contribution in [1.82, 2.24) is 0 Å². The summed E-state index contributed by atoms with van der Waals surface area (Å²) in [6.45, 7) is 2.68. The molecule has 3 aromatic carbocycles. The van der Waals surface area contributed by atoms with E-state index in [0.29, 0.717) is 30.3 Å². The van der Waals surface area contributed by atoms with Gasteiger partial charge in [0.15, 0.2) is 17.2 Å². The summed E-state index contributed by atoms with van der Waals surface area (Å²) in [5.74, 6) is 0.458. The predicted molar refractivity (Wildman–Crippen MR) is 153 cm³/mol. The summed E-state index contributed by atoms with van der Waals surface area (Å²) in [5.41, 5.74) is 1.86. The van der Waals surface area contributed by atoms with Gasteiger partial charge < -0.3 is 14.2 Å². The van der Waals surface area contributed by atoms with Crippen LogP contribution in [0, 0.1) is 17.3 Å². The molecular weight excluding hydrogens is 714 g/mol. The number of nitro benzene ring substituents is 1. The summed E-state index contributed by atoms with van der Waals surface area (Å²) in [4.78, 5) is 27.1. The smallest absolute Gasteiger partial charge is 0.363 e. The third kappa shape index (κ3) is 6.16. The average Bonchev–Trinajstić information content (AvgIpc) is 3.18. The number of carbonyl (C=O) groups excluding carboxylic acids is 1. The number of non-ortho nitro benzene ring substituents is 1. The molecule has 0 atom stereocenters. The number of rotatable bonds is 8. The summed E-state index contributed by atoms with van der Waals surface area (Å²) in [6.07, 6.45) is 1.57. The van der Waals surface area contributed by atoms with Crippen molar-refractivity contribution in [2.45, 2.75) is 13.5 Å². The Balaban J connectivity index is 1.62. The molecule has 184 valence electrons. The van der Waals surface area contributed by atoms with Crippen LogP contribution in [0.25, 0.3) is 6.08 Å². The molecule has 3 aromatic rings. The quantitative estimate of drug-likeness (QED) is 0.0834. The second-order valence-electron chi connectivity index (χ2n) is 7.44. The van der Waals surface area contributed by atoms with E-state index in [1.54, 1.807) is 12.1 Å². The number of hydrogen-bond donors (Lipinski definition) is 0. The predicted octanol–water partition coefficient (Wildman–Crippen LogP) is 6.78. The van der Waals surface area contributed by atoms with Crippen LogP contribution in [0.1, 0.15) is 23.6 Å². The largest absolute Gasteiger partial charge is 0.490 e. The van der Waals surface area contributed by atoms with Gasteiger partial charge >= 0.3 is 5.97 Å². The lowest BCUT2D eigenvalue weighted by atomic mass is 10.1. The zero-order valence-corrected chi connectivity index (χ0v) is 23.7. The number of carbonyl (C=O) groups is 1. The number of hydrogen-bond acceptors (Lipinski definition) is 7. The molecule has 0 N–H and O–H groups in total. The lowest BCUT2D eigenvalue weighted by Gasteiger charge is -2.15. The van der Waals surface area contributed by atoms with Crippen molar-refractivity contribution in [1.29, 1.82) is 0 Å². The normalized spacial score (nSPS) is 13.9. The SMILES string of the molecule is CCOc1cc(/C=C2\N=C(c3ccc([N+](=O)[O-])cc3Cl)OC2=O)cc(I)c1OCc1cccc(I)c1. The van der Waals surface area contributed by atoms with E-state index in [1.807, 2.05) is 37.3 Å². The molecule has 11 heteroatoms. The van der Waals surface area contributed by atoms with Crippen LogP contribution in [0.4, 0.5) is 5.69 Å². The molecule has 0 fully saturated rings. The first kappa shape index (κ1) is 26.4. The van der Waals surface area contributed by atoms with Crippen LogP contribution in [0.15, 0.2) is 65.3 Å². The van der Waals surface area contributed by atoms with Crippen molar-refractivity contribution in [3.05, 3.63) is 99.3 Å². The van der Waals surface area contributed by atoms with Crippen LogP contribution in [0.5, 0.6) is 11.5 Å². The second-order valence-corrected chi connectivity index (χ2v) is 10.3. The first-order valence-corrected chi connectivity index (χ1v) is 13.1. The van der Waals surface area contributed by atoms with Crippen LogP contribution >= 0.6 is 56.8 Å². The fourth-order valence-electron chi connectivity index (χ4n) is 3.33. The molecule has 0 radical (unpaired) electrons. The van der Waals surface area contributed by atoms with Crippen LogP contribution in [-0.2, 0) is 16.1 Å². The molecule has 8 nitrogen and oxygen atoms in total. The monoisotopic (exact) mass is 730 g/mol. The van der Waals surface area contributed by atoms with E-state index >= 15 is 0 Å². The first-order chi connectivity index (χ1) is 17.2. The van der Waals surface area contributed by atoms with Gasteiger partial charge in [-0.25, -0.2) is 9.79 Å². The summed E-state index contributed by atoms with van der Waals surface area (Å²) in [7, 11) is 0. The highest BCUT2D eigenvalue weighted by Gasteiger charge is 2.27. The van der Waals surface area contributed by atoms with E-state index in [1.165, 1.54) is 18.2 Å². The highest BCUT2D eigenvalue weighted by Crippen LogP contribution is 2.36. The third-order valence-electron chi connectivity index (χ3n) is 4.92. The second kappa shape index (κ2) is 11.6. The zero-order valence-electron chi connectivity index (χ0n) is 18.7. The van der Waals surface area contributed by atoms with E-state index < -0.39 is 10.9 Å². The molecule has 0 spiro atoms. The van der Waals surface area contributed by atoms with Crippen molar-refractivity contribution in [2.75, 3.05) is 6.61 Å². The maximum Gasteiger partial charge on any atom is 0.363 e. The fourth-order valence-corrected chi connectivity index (χ4v) is 4.97. The summed E-state index contributed by atoms with van der Waals surface area (Å²) >= 11 is 10.6. The minimum atomic E-state index is -0.661. The molecule has 0 amide bonds. The van der Waals surface area contributed by atoms with Gasteiger partial charge in [0.2, 0.25) is 5.90 Å². The molecule has 0 saturated heterocycles. The molecule has 0 saturated carbocycles. The lowest BCUT2D eigenvalue weighted by molar-refractivity contribution is -0.384. The Hall–Kier alpha value is -2.71. The summed E-state index contributed by atoms with van der Waals surface area (Å²) < 4.78 is 19.1. The van der Waals surface area contributed by atoms with Crippen molar-refractivity contribution in [3.8, 4) is 11.5 Å². The van der Waals surface area contributed by atoms with Gasteiger partial charge in [-0.3, -0.25) is 10.1 Å². The maximum absolute atomic E-state index is 12.5. The van der Waals surface area contributed by atoms with Gasteiger partial charge in [-0.05, 0) is 99.6 Å². The molecule has 4 rings (SSSR count). The van der Waals surface area contributed by atoms with E-state index in [9.17, 15) is 14.9 Å². The van der Waals surface area contributed by atoms with Gasteiger partial charge in [-0.2, -0.15) is 0 Å². The maximum atomic E-state index is 12.5. The van der Waals surface area contributed by atoms with Crippen LogP contribution < -0.4 is 9.47 Å². The number of ether oxygens (including phenoxy) is 3. The fraction of sp³-hybridized carbons (Fsp3) is 0.120. The van der Waals surface area contributed by atoms with Crippen molar-refractivity contribution >= 4 is 80.4 Å². The van der Waals surface area contributed by atoms with Crippen molar-refractivity contribution < 1.29 is 23.9 Å². The van der Waals surface area contributed by atoms with Crippen LogP contribution in [-0.4, -0.2) is 23.4 Å². The molecular formula is C25H17ClI2N2O6. The Morgan fingerprint density at radius 3 is 2.64 bits per heavy atom. The van der Waals surface area contributed by atoms with Gasteiger partial charge in [0.1, 0.15) is 6.61 Å². The Bertz CT molecular complexity index is 1420. The zero-order chi connectivity index (χ0) is 25.8. The number of halogens is 3. The Kier molecular flexibility index (Phi) is 8.46. The summed E-state index contributed by atoms with van der Waals surface area (Å²) in [5, 5.41) is 11.0. The molecule has 0 bridgehead atoms. The minimum absolute atomic E-state index is 0.0247.